The van der Waals surface area contributed by atoms with E-state index in [4.69, 9.17) is 4.74 Å². The Morgan fingerprint density at radius 1 is 1.14 bits per heavy atom. The van der Waals surface area contributed by atoms with Crippen molar-refractivity contribution in [3.05, 3.63) is 29.8 Å². The summed E-state index contributed by atoms with van der Waals surface area (Å²) in [6.45, 7) is 0.944. The molecular weight excluding hydrogens is 278 g/mol. The normalized spacial score (nSPS) is 24.5. The maximum atomic E-state index is 6.44. The van der Waals surface area contributed by atoms with E-state index in [1.54, 1.807) is 0 Å². The van der Waals surface area contributed by atoms with Crippen molar-refractivity contribution in [2.75, 3.05) is 12.8 Å². The topological polar surface area (TPSA) is 21.3 Å². The molecule has 0 bridgehead atoms. The largest absolute Gasteiger partial charge is 0.371 e. The summed E-state index contributed by atoms with van der Waals surface area (Å²) in [4.78, 5) is 1.36. The SMILES string of the molecule is CNCc1ccc(SCC2CCC3(CCCCC3)O2)cc1. The smallest absolute Gasteiger partial charge is 0.0687 e. The average Bonchev–Trinajstić information content (AvgIpc) is 2.90. The van der Waals surface area contributed by atoms with E-state index in [0.29, 0.717) is 6.10 Å². The first-order valence-electron chi connectivity index (χ1n) is 8.34. The summed E-state index contributed by atoms with van der Waals surface area (Å²) in [6.07, 6.45) is 9.75. The van der Waals surface area contributed by atoms with Crippen LogP contribution >= 0.6 is 11.8 Å². The molecule has 1 aromatic rings. The van der Waals surface area contributed by atoms with E-state index in [0.717, 1.165) is 12.3 Å². The summed E-state index contributed by atoms with van der Waals surface area (Å²) < 4.78 is 6.44. The fourth-order valence-corrected chi connectivity index (χ4v) is 4.62. The second-order valence-corrected chi connectivity index (χ2v) is 7.60. The van der Waals surface area contributed by atoms with Crippen molar-refractivity contribution in [1.82, 2.24) is 5.32 Å². The van der Waals surface area contributed by atoms with Gasteiger partial charge in [0.25, 0.3) is 0 Å². The number of nitrogens with one attached hydrogen (secondary N) is 1. The van der Waals surface area contributed by atoms with E-state index in [2.05, 4.69) is 29.6 Å². The van der Waals surface area contributed by atoms with Crippen LogP contribution in [-0.4, -0.2) is 24.5 Å². The van der Waals surface area contributed by atoms with E-state index >= 15 is 0 Å². The molecule has 3 rings (SSSR count). The number of hydrogen-bond donors (Lipinski definition) is 1. The highest BCUT2D eigenvalue weighted by molar-refractivity contribution is 7.99. The molecular formula is C18H27NOS. The number of hydrogen-bond acceptors (Lipinski definition) is 3. The lowest BCUT2D eigenvalue weighted by molar-refractivity contribution is -0.0555. The zero-order valence-electron chi connectivity index (χ0n) is 13.1. The third-order valence-corrected chi connectivity index (χ3v) is 5.99. The minimum atomic E-state index is 0.264. The highest BCUT2D eigenvalue weighted by atomic mass is 32.2. The first-order valence-corrected chi connectivity index (χ1v) is 9.32. The summed E-state index contributed by atoms with van der Waals surface area (Å²) in [5.41, 5.74) is 1.61. The van der Waals surface area contributed by atoms with Crippen LogP contribution in [0.25, 0.3) is 0 Å². The lowest BCUT2D eigenvalue weighted by atomic mass is 9.83. The van der Waals surface area contributed by atoms with Crippen LogP contribution in [0.4, 0.5) is 0 Å². The summed E-state index contributed by atoms with van der Waals surface area (Å²) >= 11 is 1.95. The molecule has 1 aromatic carbocycles. The van der Waals surface area contributed by atoms with Crippen LogP contribution in [0.3, 0.4) is 0 Å². The number of ether oxygens (including phenoxy) is 1. The molecule has 0 radical (unpaired) electrons. The van der Waals surface area contributed by atoms with Gasteiger partial charge in [0.1, 0.15) is 0 Å². The van der Waals surface area contributed by atoms with E-state index in [1.807, 2.05) is 18.8 Å². The monoisotopic (exact) mass is 305 g/mol. The van der Waals surface area contributed by atoms with E-state index in [1.165, 1.54) is 55.4 Å². The zero-order valence-corrected chi connectivity index (χ0v) is 13.9. The Hall–Kier alpha value is -0.510. The Morgan fingerprint density at radius 3 is 2.62 bits per heavy atom. The Morgan fingerprint density at radius 2 is 1.90 bits per heavy atom. The molecule has 3 heteroatoms. The molecule has 1 saturated carbocycles. The molecule has 116 valence electrons. The van der Waals surface area contributed by atoms with Gasteiger partial charge in [0.05, 0.1) is 11.7 Å². The summed E-state index contributed by atoms with van der Waals surface area (Å²) in [5, 5.41) is 3.19. The van der Waals surface area contributed by atoms with Crippen molar-refractivity contribution >= 4 is 11.8 Å². The van der Waals surface area contributed by atoms with Gasteiger partial charge in [-0.25, -0.2) is 0 Å². The first kappa shape index (κ1) is 15.4. The number of thioether (sulfide) groups is 1. The van der Waals surface area contributed by atoms with Gasteiger partial charge in [0.2, 0.25) is 0 Å². The summed E-state index contributed by atoms with van der Waals surface area (Å²) in [7, 11) is 1.99. The molecule has 1 aliphatic heterocycles. The summed E-state index contributed by atoms with van der Waals surface area (Å²) in [6, 6.07) is 8.92. The molecule has 1 saturated heterocycles. The molecule has 1 aliphatic carbocycles. The highest BCUT2D eigenvalue weighted by Crippen LogP contribution is 2.42. The first-order chi connectivity index (χ1) is 10.3. The summed E-state index contributed by atoms with van der Waals surface area (Å²) in [5.74, 6) is 1.10. The Kier molecular flexibility index (Phi) is 5.25. The molecule has 2 fully saturated rings. The molecule has 1 atom stereocenters. The van der Waals surface area contributed by atoms with Crippen LogP contribution in [0.15, 0.2) is 29.2 Å². The van der Waals surface area contributed by atoms with Crippen molar-refractivity contribution in [3.8, 4) is 0 Å². The van der Waals surface area contributed by atoms with Crippen molar-refractivity contribution in [1.29, 1.82) is 0 Å². The maximum Gasteiger partial charge on any atom is 0.0687 e. The second kappa shape index (κ2) is 7.17. The molecule has 2 nitrogen and oxygen atoms in total. The molecule has 0 aromatic heterocycles. The lowest BCUT2D eigenvalue weighted by Crippen LogP contribution is -2.32. The molecule has 21 heavy (non-hydrogen) atoms. The van der Waals surface area contributed by atoms with Gasteiger partial charge in [-0.15, -0.1) is 11.8 Å². The number of benzene rings is 1. The van der Waals surface area contributed by atoms with Gasteiger partial charge in [-0.2, -0.15) is 0 Å². The van der Waals surface area contributed by atoms with Crippen LogP contribution in [0.5, 0.6) is 0 Å². The van der Waals surface area contributed by atoms with Crippen LogP contribution in [0.1, 0.15) is 50.5 Å². The van der Waals surface area contributed by atoms with Crippen LogP contribution in [-0.2, 0) is 11.3 Å². The van der Waals surface area contributed by atoms with Gasteiger partial charge >= 0.3 is 0 Å². The molecule has 1 unspecified atom stereocenters. The Bertz CT molecular complexity index is 439. The van der Waals surface area contributed by atoms with Crippen molar-refractivity contribution in [2.45, 2.75) is 68.1 Å². The number of rotatable bonds is 5. The third-order valence-electron chi connectivity index (χ3n) is 4.84. The predicted molar refractivity (Wildman–Crippen MR) is 89.9 cm³/mol. The van der Waals surface area contributed by atoms with Gasteiger partial charge in [0.15, 0.2) is 0 Å². The van der Waals surface area contributed by atoms with Crippen molar-refractivity contribution in [2.24, 2.45) is 0 Å². The fourth-order valence-electron chi connectivity index (χ4n) is 3.67. The second-order valence-electron chi connectivity index (χ2n) is 6.51. The molecule has 1 heterocycles. The fraction of sp³-hybridized carbons (Fsp3) is 0.667. The van der Waals surface area contributed by atoms with Gasteiger partial charge in [-0.3, -0.25) is 0 Å². The highest BCUT2D eigenvalue weighted by Gasteiger charge is 2.40. The van der Waals surface area contributed by atoms with Crippen LogP contribution < -0.4 is 5.32 Å². The van der Waals surface area contributed by atoms with Crippen LogP contribution in [0, 0.1) is 0 Å². The van der Waals surface area contributed by atoms with Gasteiger partial charge in [-0.1, -0.05) is 31.4 Å². The predicted octanol–water partition coefficient (Wildman–Crippen LogP) is 4.38. The molecule has 1 N–H and O–H groups in total. The maximum absolute atomic E-state index is 6.44. The zero-order chi connectivity index (χ0) is 14.5. The van der Waals surface area contributed by atoms with Gasteiger partial charge in [0, 0.05) is 17.2 Å². The molecule has 2 aliphatic rings. The standard InChI is InChI=1S/C18H27NOS/c1-19-13-15-5-7-17(8-6-15)21-14-16-9-12-18(20-16)10-3-2-4-11-18/h5-8,16,19H,2-4,9-14H2,1H3. The minimum absolute atomic E-state index is 0.264. The van der Waals surface area contributed by atoms with Crippen molar-refractivity contribution < 1.29 is 4.74 Å². The third kappa shape index (κ3) is 4.02. The van der Waals surface area contributed by atoms with E-state index in [9.17, 15) is 0 Å². The van der Waals surface area contributed by atoms with E-state index in [-0.39, 0.29) is 5.60 Å². The van der Waals surface area contributed by atoms with Crippen molar-refractivity contribution in [3.63, 3.8) is 0 Å². The van der Waals surface area contributed by atoms with Gasteiger partial charge in [-0.05, 0) is 50.4 Å². The Labute approximate surface area is 133 Å². The molecule has 1 spiro atoms. The average molecular weight is 305 g/mol. The minimum Gasteiger partial charge on any atom is -0.371 e. The molecule has 0 amide bonds. The van der Waals surface area contributed by atoms with E-state index < -0.39 is 0 Å². The van der Waals surface area contributed by atoms with Crippen LogP contribution in [0.2, 0.25) is 0 Å². The quantitative estimate of drug-likeness (QED) is 0.816. The Balaban J connectivity index is 1.47. The van der Waals surface area contributed by atoms with Gasteiger partial charge < -0.3 is 10.1 Å². The lowest BCUT2D eigenvalue weighted by Gasteiger charge is -2.33.